The number of hydrogen-bond acceptors (Lipinski definition) is 8. The Bertz CT molecular complexity index is 1780. The van der Waals surface area contributed by atoms with Crippen LogP contribution in [0.15, 0.2) is 115 Å². The fourth-order valence-electron chi connectivity index (χ4n) is 6.83. The molecular formula is C37H40N8O3. The second-order valence-corrected chi connectivity index (χ2v) is 12.5. The maximum Gasteiger partial charge on any atom is 0.321 e. The molecule has 6 N–H and O–H groups in total. The number of carbonyl (C=O) groups excluding carboxylic acids is 1. The minimum Gasteiger partial charge on any atom is -0.388 e. The van der Waals surface area contributed by atoms with Gasteiger partial charge in [-0.05, 0) is 46.7 Å². The number of rotatable bonds is 10. The zero-order valence-corrected chi connectivity index (χ0v) is 26.5. The van der Waals surface area contributed by atoms with Crippen molar-refractivity contribution in [1.82, 2.24) is 41.6 Å². The fraction of sp³-hybridized carbons (Fsp3) is 0.270. The number of benzene rings is 4. The maximum absolute atomic E-state index is 15.1. The second kappa shape index (κ2) is 14.5. The van der Waals surface area contributed by atoms with E-state index in [0.717, 1.165) is 39.9 Å². The highest BCUT2D eigenvalue weighted by molar-refractivity contribution is 5.76. The number of carbonyl (C=O) groups is 1. The molecule has 48 heavy (non-hydrogen) atoms. The zero-order valence-electron chi connectivity index (χ0n) is 26.5. The lowest BCUT2D eigenvalue weighted by atomic mass is 9.90. The van der Waals surface area contributed by atoms with E-state index in [9.17, 15) is 10.2 Å². The largest absolute Gasteiger partial charge is 0.388 e. The van der Waals surface area contributed by atoms with Crippen molar-refractivity contribution in [2.24, 2.45) is 0 Å². The van der Waals surface area contributed by atoms with Crippen molar-refractivity contribution in [2.75, 3.05) is 6.54 Å². The molecule has 11 nitrogen and oxygen atoms in total. The monoisotopic (exact) mass is 644 g/mol. The number of hydrogen-bond donors (Lipinski definition) is 6. The number of amides is 2. The van der Waals surface area contributed by atoms with Crippen molar-refractivity contribution in [2.45, 2.75) is 56.3 Å². The Morgan fingerprint density at radius 1 is 0.708 bits per heavy atom. The van der Waals surface area contributed by atoms with Gasteiger partial charge in [-0.3, -0.25) is 0 Å². The van der Waals surface area contributed by atoms with E-state index < -0.39 is 24.3 Å². The molecule has 5 atom stereocenters. The smallest absolute Gasteiger partial charge is 0.321 e. The number of nitrogens with one attached hydrogen (secondary N) is 4. The molecule has 0 radical (unpaired) electrons. The predicted octanol–water partition coefficient (Wildman–Crippen LogP) is 3.51. The van der Waals surface area contributed by atoms with Gasteiger partial charge in [0.2, 0.25) is 0 Å². The first-order valence-corrected chi connectivity index (χ1v) is 16.3. The lowest BCUT2D eigenvalue weighted by Gasteiger charge is -2.36. The molecule has 0 aliphatic carbocycles. The molecule has 5 aromatic rings. The topological polar surface area (TPSA) is 142 Å². The van der Waals surface area contributed by atoms with Crippen molar-refractivity contribution in [3.8, 4) is 11.3 Å². The number of nitrogens with zero attached hydrogens (tertiary/aromatic N) is 4. The van der Waals surface area contributed by atoms with Gasteiger partial charge in [-0.25, -0.2) is 15.6 Å². The molecule has 2 amide bonds. The number of H-pyrrole nitrogens is 1. The average Bonchev–Trinajstić information content (AvgIpc) is 3.87. The van der Waals surface area contributed by atoms with Gasteiger partial charge in [-0.1, -0.05) is 103 Å². The standard InChI is InChI=1S/C37H40N8O3/c46-35-33(19-25-9-3-1-4-10-25)44(23-27-13-7-15-29(17-27)31-21-38-42-40-31)37(48)45(34(36(35)47)20-26-11-5-2-6-12-26)24-28-14-8-16-30(18-28)32-22-39-43-41-32/h1-18,21,32-36,39,41,43,46-47H,19-20,22-24H2,(H,38,40,42)/t32?,33-,34-,35+,36+/m1/s1. The van der Waals surface area contributed by atoms with Gasteiger partial charge in [0.1, 0.15) is 17.9 Å². The van der Waals surface area contributed by atoms with Crippen LogP contribution < -0.4 is 16.4 Å². The SMILES string of the molecule is O=C1N(Cc2cccc(-c3cn[nH]n3)c2)[C@H](Cc2ccccc2)[C@H](O)[C@@H](O)[C@@H](Cc2ccccc2)N1Cc1cccc(C2CNNN2)c1. The Morgan fingerprint density at radius 3 is 1.85 bits per heavy atom. The van der Waals surface area contributed by atoms with Gasteiger partial charge < -0.3 is 20.0 Å². The molecule has 1 unspecified atom stereocenters. The highest BCUT2D eigenvalue weighted by Crippen LogP contribution is 2.31. The molecular weight excluding hydrogens is 604 g/mol. The van der Waals surface area contributed by atoms with E-state index in [0.29, 0.717) is 18.5 Å². The summed E-state index contributed by atoms with van der Waals surface area (Å²) in [4.78, 5) is 18.6. The van der Waals surface area contributed by atoms with Crippen molar-refractivity contribution in [3.05, 3.63) is 143 Å². The van der Waals surface area contributed by atoms with E-state index >= 15 is 4.79 Å². The first kappa shape index (κ1) is 31.7. The van der Waals surface area contributed by atoms with Crippen molar-refractivity contribution in [3.63, 3.8) is 0 Å². The van der Waals surface area contributed by atoms with Crippen LogP contribution in [-0.4, -0.2) is 72.3 Å². The molecule has 3 heterocycles. The van der Waals surface area contributed by atoms with E-state index in [1.807, 2.05) is 97.1 Å². The Hall–Kier alpha value is -4.91. The number of aromatic amines is 1. The zero-order chi connectivity index (χ0) is 32.9. The third kappa shape index (κ3) is 7.01. The van der Waals surface area contributed by atoms with Crippen LogP contribution >= 0.6 is 0 Å². The molecule has 0 spiro atoms. The third-order valence-corrected chi connectivity index (χ3v) is 9.34. The van der Waals surface area contributed by atoms with Crippen LogP contribution in [0.1, 0.15) is 33.9 Å². The normalized spacial score (nSPS) is 23.0. The molecule has 2 aliphatic rings. The lowest BCUT2D eigenvalue weighted by molar-refractivity contribution is -0.0408. The molecule has 246 valence electrons. The molecule has 11 heteroatoms. The first-order valence-electron chi connectivity index (χ1n) is 16.3. The fourth-order valence-corrected chi connectivity index (χ4v) is 6.83. The number of hydrazine groups is 2. The van der Waals surface area contributed by atoms with E-state index in [2.05, 4.69) is 43.9 Å². The Labute approximate surface area is 279 Å². The highest BCUT2D eigenvalue weighted by Gasteiger charge is 2.46. The summed E-state index contributed by atoms with van der Waals surface area (Å²) in [6, 6.07) is 34.1. The van der Waals surface area contributed by atoms with E-state index in [1.54, 1.807) is 16.0 Å². The summed E-state index contributed by atoms with van der Waals surface area (Å²) in [6.07, 6.45) is 0.00448. The van der Waals surface area contributed by atoms with Crippen LogP contribution in [0.25, 0.3) is 11.3 Å². The highest BCUT2D eigenvalue weighted by atomic mass is 16.3. The van der Waals surface area contributed by atoms with Crippen LogP contribution in [-0.2, 0) is 25.9 Å². The lowest BCUT2D eigenvalue weighted by Crippen LogP contribution is -2.50. The Morgan fingerprint density at radius 2 is 1.29 bits per heavy atom. The second-order valence-electron chi connectivity index (χ2n) is 12.5. The van der Waals surface area contributed by atoms with Gasteiger partial charge in [-0.15, -0.1) is 0 Å². The number of aliphatic hydroxyl groups excluding tert-OH is 2. The van der Waals surface area contributed by atoms with Crippen LogP contribution in [0.4, 0.5) is 4.79 Å². The molecule has 0 bridgehead atoms. The van der Waals surface area contributed by atoms with Crippen LogP contribution in [0.5, 0.6) is 0 Å². The van der Waals surface area contributed by atoms with Crippen LogP contribution in [0, 0.1) is 0 Å². The van der Waals surface area contributed by atoms with Crippen molar-refractivity contribution >= 4 is 6.03 Å². The third-order valence-electron chi connectivity index (χ3n) is 9.34. The van der Waals surface area contributed by atoms with E-state index in [-0.39, 0.29) is 25.2 Å². The molecule has 0 saturated carbocycles. The average molecular weight is 645 g/mol. The Balaban J connectivity index is 1.29. The molecule has 2 saturated heterocycles. The van der Waals surface area contributed by atoms with E-state index in [1.165, 1.54) is 0 Å². The van der Waals surface area contributed by atoms with Gasteiger partial charge in [-0.2, -0.15) is 20.9 Å². The van der Waals surface area contributed by atoms with Crippen molar-refractivity contribution < 1.29 is 15.0 Å². The first-order chi connectivity index (χ1) is 23.5. The maximum atomic E-state index is 15.1. The summed E-state index contributed by atoms with van der Waals surface area (Å²) in [5.41, 5.74) is 15.7. The molecule has 2 fully saturated rings. The molecule has 4 aromatic carbocycles. The molecule has 7 rings (SSSR count). The van der Waals surface area contributed by atoms with E-state index in [4.69, 9.17) is 0 Å². The quantitative estimate of drug-likeness (QED) is 0.136. The van der Waals surface area contributed by atoms with Gasteiger partial charge in [0, 0.05) is 25.2 Å². The summed E-state index contributed by atoms with van der Waals surface area (Å²) in [6.45, 7) is 1.20. The molecule has 1 aromatic heterocycles. The minimum atomic E-state index is -1.21. The summed E-state index contributed by atoms with van der Waals surface area (Å²) in [7, 11) is 0. The van der Waals surface area contributed by atoms with Gasteiger partial charge in [0.05, 0.1) is 24.3 Å². The summed E-state index contributed by atoms with van der Waals surface area (Å²) < 4.78 is 0. The Kier molecular flexibility index (Phi) is 9.55. The summed E-state index contributed by atoms with van der Waals surface area (Å²) >= 11 is 0. The number of aromatic nitrogens is 3. The molecule has 2 aliphatic heterocycles. The summed E-state index contributed by atoms with van der Waals surface area (Å²) in [5, 5.41) is 35.0. The number of urea groups is 1. The number of aliphatic hydroxyl groups is 2. The van der Waals surface area contributed by atoms with Gasteiger partial charge in [0.15, 0.2) is 0 Å². The minimum absolute atomic E-state index is 0.0704. The van der Waals surface area contributed by atoms with Gasteiger partial charge in [0.25, 0.3) is 0 Å². The van der Waals surface area contributed by atoms with Gasteiger partial charge >= 0.3 is 6.03 Å². The van der Waals surface area contributed by atoms with Crippen LogP contribution in [0.2, 0.25) is 0 Å². The van der Waals surface area contributed by atoms with Crippen molar-refractivity contribution in [1.29, 1.82) is 0 Å². The predicted molar refractivity (Wildman–Crippen MR) is 182 cm³/mol. The summed E-state index contributed by atoms with van der Waals surface area (Å²) in [5.74, 6) is 0. The van der Waals surface area contributed by atoms with Crippen LogP contribution in [0.3, 0.4) is 0 Å².